The monoisotopic (exact) mass is 315 g/mol. The molecule has 1 heterocycles. The molecule has 0 bridgehead atoms. The molecule has 0 aliphatic rings. The van der Waals surface area contributed by atoms with Crippen molar-refractivity contribution in [2.45, 2.75) is 12.7 Å². The molecule has 0 saturated carbocycles. The average molecular weight is 316 g/mol. The zero-order valence-corrected chi connectivity index (χ0v) is 11.0. The van der Waals surface area contributed by atoms with Crippen LogP contribution in [0.25, 0.3) is 0 Å². The predicted molar refractivity (Wildman–Crippen MR) is 66.0 cm³/mol. The highest BCUT2D eigenvalue weighted by molar-refractivity contribution is 6.32. The summed E-state index contributed by atoms with van der Waals surface area (Å²) < 4.78 is 40.8. The van der Waals surface area contributed by atoms with Gasteiger partial charge in [-0.05, 0) is 0 Å². The van der Waals surface area contributed by atoms with E-state index in [1.54, 1.807) is 0 Å². The van der Waals surface area contributed by atoms with Crippen molar-refractivity contribution in [1.82, 2.24) is 9.78 Å². The van der Waals surface area contributed by atoms with E-state index in [0.29, 0.717) is 0 Å². The molecule has 0 aliphatic carbocycles. The number of aromatic nitrogens is 2. The summed E-state index contributed by atoms with van der Waals surface area (Å²) in [5.74, 6) is 0. The third-order valence-electron chi connectivity index (χ3n) is 2.12. The van der Waals surface area contributed by atoms with Gasteiger partial charge in [-0.2, -0.15) is 18.3 Å². The Morgan fingerprint density at radius 1 is 1.50 bits per heavy atom. The van der Waals surface area contributed by atoms with Crippen molar-refractivity contribution >= 4 is 17.3 Å². The van der Waals surface area contributed by atoms with E-state index in [-0.39, 0.29) is 37.0 Å². The van der Waals surface area contributed by atoms with Crippen LogP contribution in [0.1, 0.15) is 0 Å². The first-order chi connectivity index (χ1) is 9.35. The number of alkyl halides is 3. The quantitative estimate of drug-likeness (QED) is 0.731. The summed E-state index contributed by atoms with van der Waals surface area (Å²) in [6.45, 7) is -1.75. The van der Waals surface area contributed by atoms with E-state index >= 15 is 0 Å². The van der Waals surface area contributed by atoms with Gasteiger partial charge < -0.3 is 15.2 Å². The Labute approximate surface area is 117 Å². The molecule has 0 amide bonds. The molecule has 6 nitrogen and oxygen atoms in total. The van der Waals surface area contributed by atoms with Gasteiger partial charge in [0.05, 0.1) is 31.6 Å². The highest BCUT2D eigenvalue weighted by atomic mass is 35.5. The van der Waals surface area contributed by atoms with E-state index < -0.39 is 18.3 Å². The van der Waals surface area contributed by atoms with Crippen LogP contribution in [0.4, 0.5) is 18.9 Å². The Morgan fingerprint density at radius 3 is 2.80 bits per heavy atom. The molecule has 1 aromatic heterocycles. The molecule has 20 heavy (non-hydrogen) atoms. The summed E-state index contributed by atoms with van der Waals surface area (Å²) in [6, 6.07) is 0. The first-order valence-corrected chi connectivity index (χ1v) is 5.98. The fourth-order valence-electron chi connectivity index (χ4n) is 1.29. The van der Waals surface area contributed by atoms with Crippen molar-refractivity contribution < 1.29 is 23.0 Å². The van der Waals surface area contributed by atoms with Gasteiger partial charge in [-0.3, -0.25) is 4.79 Å². The Morgan fingerprint density at radius 2 is 2.20 bits per heavy atom. The summed E-state index contributed by atoms with van der Waals surface area (Å²) in [5, 5.41) is 14.9. The van der Waals surface area contributed by atoms with E-state index in [4.69, 9.17) is 16.7 Å². The van der Waals surface area contributed by atoms with Crippen molar-refractivity contribution in [2.24, 2.45) is 0 Å². The van der Waals surface area contributed by atoms with Crippen molar-refractivity contribution in [3.05, 3.63) is 21.6 Å². The molecule has 2 N–H and O–H groups in total. The van der Waals surface area contributed by atoms with Gasteiger partial charge in [0.2, 0.25) is 0 Å². The summed E-state index contributed by atoms with van der Waals surface area (Å²) in [5.41, 5.74) is -0.400. The van der Waals surface area contributed by atoms with E-state index in [9.17, 15) is 18.0 Å². The molecular formula is C10H13ClF3N3O3. The van der Waals surface area contributed by atoms with Gasteiger partial charge in [0.1, 0.15) is 11.6 Å². The molecule has 0 unspecified atom stereocenters. The van der Waals surface area contributed by atoms with E-state index in [1.807, 2.05) is 0 Å². The van der Waals surface area contributed by atoms with E-state index in [0.717, 1.165) is 4.68 Å². The lowest BCUT2D eigenvalue weighted by molar-refractivity contribution is -0.172. The fourth-order valence-corrected chi connectivity index (χ4v) is 1.50. The van der Waals surface area contributed by atoms with Gasteiger partial charge in [-0.25, -0.2) is 4.68 Å². The Balaban J connectivity index is 2.49. The molecule has 10 heteroatoms. The molecular weight excluding hydrogens is 303 g/mol. The average Bonchev–Trinajstić information content (AvgIpc) is 2.36. The minimum Gasteiger partial charge on any atom is -0.394 e. The largest absolute Gasteiger partial charge is 0.411 e. The number of hydrogen-bond acceptors (Lipinski definition) is 5. The van der Waals surface area contributed by atoms with Crippen LogP contribution in [0.2, 0.25) is 5.02 Å². The third-order valence-corrected chi connectivity index (χ3v) is 2.49. The maximum absolute atomic E-state index is 11.8. The lowest BCUT2D eigenvalue weighted by Gasteiger charge is -2.11. The predicted octanol–water partition coefficient (Wildman–Crippen LogP) is 0.880. The van der Waals surface area contributed by atoms with Crippen LogP contribution in [-0.2, 0) is 11.3 Å². The van der Waals surface area contributed by atoms with Crippen molar-refractivity contribution in [1.29, 1.82) is 0 Å². The van der Waals surface area contributed by atoms with Crippen LogP contribution < -0.4 is 10.9 Å². The lowest BCUT2D eigenvalue weighted by Crippen LogP contribution is -2.26. The molecule has 0 aliphatic heterocycles. The molecule has 0 saturated heterocycles. The number of halogens is 4. The molecule has 0 spiro atoms. The molecule has 114 valence electrons. The van der Waals surface area contributed by atoms with E-state index in [1.165, 1.54) is 6.20 Å². The highest BCUT2D eigenvalue weighted by Gasteiger charge is 2.27. The van der Waals surface area contributed by atoms with Crippen LogP contribution in [0.15, 0.2) is 11.0 Å². The molecule has 1 rings (SSSR count). The fraction of sp³-hybridized carbons (Fsp3) is 0.600. The molecule has 0 atom stereocenters. The number of hydrogen-bond donors (Lipinski definition) is 2. The maximum Gasteiger partial charge on any atom is 0.411 e. The van der Waals surface area contributed by atoms with Crippen molar-refractivity contribution in [2.75, 3.05) is 31.7 Å². The highest BCUT2D eigenvalue weighted by Crippen LogP contribution is 2.16. The molecule has 0 radical (unpaired) electrons. The first kappa shape index (κ1) is 16.7. The number of anilines is 1. The number of rotatable bonds is 7. The van der Waals surface area contributed by atoms with Crippen molar-refractivity contribution in [3.63, 3.8) is 0 Å². The van der Waals surface area contributed by atoms with Crippen LogP contribution in [0.5, 0.6) is 0 Å². The van der Waals surface area contributed by atoms with Gasteiger partial charge in [0, 0.05) is 6.54 Å². The number of nitrogens with one attached hydrogen (secondary N) is 1. The van der Waals surface area contributed by atoms with Crippen LogP contribution >= 0.6 is 11.6 Å². The number of nitrogens with zero attached hydrogens (tertiary/aromatic N) is 2. The van der Waals surface area contributed by atoms with Crippen LogP contribution in [0.3, 0.4) is 0 Å². The smallest absolute Gasteiger partial charge is 0.394 e. The second kappa shape index (κ2) is 7.46. The number of aliphatic hydroxyl groups is 1. The normalized spacial score (nSPS) is 11.7. The standard InChI is InChI=1S/C10H13ClF3N3O3/c11-8-7(5-16-17(2-3-18)9(8)19)15-1-4-20-6-10(12,13)14/h5,15,18H,1-4,6H2. The lowest BCUT2D eigenvalue weighted by atomic mass is 10.4. The summed E-state index contributed by atoms with van der Waals surface area (Å²) >= 11 is 5.78. The molecule has 1 aromatic rings. The first-order valence-electron chi connectivity index (χ1n) is 5.60. The molecule has 0 fully saturated rings. The Bertz CT molecular complexity index is 493. The minimum absolute atomic E-state index is 0.00747. The zero-order chi connectivity index (χ0) is 15.2. The maximum atomic E-state index is 11.8. The minimum atomic E-state index is -4.37. The second-order valence-corrected chi connectivity index (χ2v) is 4.10. The SMILES string of the molecule is O=c1c(Cl)c(NCCOCC(F)(F)F)cnn1CCO. The van der Waals surface area contributed by atoms with Gasteiger partial charge in [0.15, 0.2) is 0 Å². The number of ether oxygens (including phenoxy) is 1. The zero-order valence-electron chi connectivity index (χ0n) is 10.3. The summed E-state index contributed by atoms with van der Waals surface area (Å²) in [4.78, 5) is 11.6. The van der Waals surface area contributed by atoms with Gasteiger partial charge in [0.25, 0.3) is 5.56 Å². The van der Waals surface area contributed by atoms with Gasteiger partial charge in [-0.1, -0.05) is 11.6 Å². The summed E-state index contributed by atoms with van der Waals surface area (Å²) in [6.07, 6.45) is -3.12. The second-order valence-electron chi connectivity index (χ2n) is 3.72. The van der Waals surface area contributed by atoms with Gasteiger partial charge >= 0.3 is 6.18 Å². The van der Waals surface area contributed by atoms with Crippen LogP contribution in [0, 0.1) is 0 Å². The van der Waals surface area contributed by atoms with Crippen molar-refractivity contribution in [3.8, 4) is 0 Å². The van der Waals surface area contributed by atoms with Gasteiger partial charge in [-0.15, -0.1) is 0 Å². The third kappa shape index (κ3) is 5.35. The summed E-state index contributed by atoms with van der Waals surface area (Å²) in [7, 11) is 0. The van der Waals surface area contributed by atoms with E-state index in [2.05, 4.69) is 15.2 Å². The van der Waals surface area contributed by atoms with Crippen LogP contribution in [-0.4, -0.2) is 47.4 Å². The number of aliphatic hydroxyl groups excluding tert-OH is 1. The topological polar surface area (TPSA) is 76.4 Å². The Kier molecular flexibility index (Phi) is 6.24. The molecule has 0 aromatic carbocycles. The Hall–Kier alpha value is -1.32.